The number of hydrogen-bond donors (Lipinski definition) is 2. The quantitative estimate of drug-likeness (QED) is 0.587. The average molecular weight is 291 g/mol. The summed E-state index contributed by atoms with van der Waals surface area (Å²) in [6.45, 7) is 5.39. The highest BCUT2D eigenvalue weighted by Gasteiger charge is 2.27. The van der Waals surface area contributed by atoms with Crippen LogP contribution in [-0.2, 0) is 15.0 Å². The molecule has 0 aromatic heterocycles. The van der Waals surface area contributed by atoms with Gasteiger partial charge in [0.25, 0.3) is 10.2 Å². The second-order valence-corrected chi connectivity index (χ2v) is 6.40. The lowest BCUT2D eigenvalue weighted by Gasteiger charge is -2.35. The molecule has 2 aliphatic heterocycles. The van der Waals surface area contributed by atoms with Crippen molar-refractivity contribution < 1.29 is 13.2 Å². The molecular weight excluding hydrogens is 270 g/mol. The lowest BCUT2D eigenvalue weighted by Crippen LogP contribution is -2.55. The van der Waals surface area contributed by atoms with E-state index < -0.39 is 10.2 Å². The molecule has 2 rings (SSSR count). The summed E-state index contributed by atoms with van der Waals surface area (Å²) in [5.74, 6) is 0.0657. The Morgan fingerprint density at radius 1 is 1.05 bits per heavy atom. The van der Waals surface area contributed by atoms with Crippen LogP contribution in [0.3, 0.4) is 0 Å². The Bertz CT molecular complexity index is 413. The first-order valence-corrected chi connectivity index (χ1v) is 7.96. The Morgan fingerprint density at radius 3 is 2.16 bits per heavy atom. The Kier molecular flexibility index (Phi) is 4.74. The van der Waals surface area contributed by atoms with Crippen LogP contribution in [0.25, 0.3) is 0 Å². The van der Waals surface area contributed by atoms with E-state index in [1.165, 1.54) is 4.31 Å². The fourth-order valence-electron chi connectivity index (χ4n) is 2.35. The number of nitrogens with one attached hydrogen (secondary N) is 1. The fourth-order valence-corrected chi connectivity index (χ4v) is 3.02. The lowest BCUT2D eigenvalue weighted by atomic mass is 10.3. The van der Waals surface area contributed by atoms with E-state index in [9.17, 15) is 13.2 Å². The van der Waals surface area contributed by atoms with E-state index in [1.54, 1.807) is 4.90 Å². The van der Waals surface area contributed by atoms with Gasteiger partial charge in [-0.15, -0.1) is 0 Å². The van der Waals surface area contributed by atoms with E-state index >= 15 is 0 Å². The van der Waals surface area contributed by atoms with E-state index in [-0.39, 0.29) is 19.0 Å². The molecule has 0 unspecified atom stereocenters. The molecule has 0 spiro atoms. The second kappa shape index (κ2) is 6.14. The van der Waals surface area contributed by atoms with Gasteiger partial charge in [-0.3, -0.25) is 9.69 Å². The smallest absolute Gasteiger partial charge is 0.277 e. The standard InChI is InChI=1S/C10H21N5O3S/c11-19(17,18)15-7-5-14(6-8-15)10(16)9-13-3-1-12-2-4-13/h12H,1-9H2,(H2,11,17,18). The summed E-state index contributed by atoms with van der Waals surface area (Å²) >= 11 is 0. The zero-order valence-corrected chi connectivity index (χ0v) is 11.7. The molecular formula is C10H21N5O3S. The highest BCUT2D eigenvalue weighted by Crippen LogP contribution is 2.05. The number of rotatable bonds is 3. The van der Waals surface area contributed by atoms with Gasteiger partial charge in [-0.2, -0.15) is 12.7 Å². The molecule has 9 heteroatoms. The van der Waals surface area contributed by atoms with E-state index in [1.807, 2.05) is 0 Å². The van der Waals surface area contributed by atoms with Gasteiger partial charge in [-0.1, -0.05) is 0 Å². The van der Waals surface area contributed by atoms with Gasteiger partial charge in [0.05, 0.1) is 6.54 Å². The predicted molar refractivity (Wildman–Crippen MR) is 70.6 cm³/mol. The number of nitrogens with zero attached hydrogens (tertiary/aromatic N) is 3. The third kappa shape index (κ3) is 4.11. The molecule has 0 atom stereocenters. The molecule has 2 fully saturated rings. The van der Waals surface area contributed by atoms with Crippen LogP contribution in [0, 0.1) is 0 Å². The summed E-state index contributed by atoms with van der Waals surface area (Å²) < 4.78 is 23.5. The number of amides is 1. The van der Waals surface area contributed by atoms with Crippen LogP contribution >= 0.6 is 0 Å². The molecule has 0 saturated carbocycles. The SMILES string of the molecule is NS(=O)(=O)N1CCN(C(=O)CN2CCNCC2)CC1. The summed E-state index contributed by atoms with van der Waals surface area (Å²) in [5.41, 5.74) is 0. The molecule has 8 nitrogen and oxygen atoms in total. The van der Waals surface area contributed by atoms with E-state index in [0.717, 1.165) is 26.2 Å². The maximum atomic E-state index is 12.1. The molecule has 0 aliphatic carbocycles. The van der Waals surface area contributed by atoms with Crippen molar-refractivity contribution in [1.29, 1.82) is 0 Å². The van der Waals surface area contributed by atoms with Gasteiger partial charge in [0, 0.05) is 52.4 Å². The van der Waals surface area contributed by atoms with Crippen LogP contribution in [0.2, 0.25) is 0 Å². The maximum Gasteiger partial charge on any atom is 0.277 e. The summed E-state index contributed by atoms with van der Waals surface area (Å²) in [7, 11) is -3.63. The van der Waals surface area contributed by atoms with Crippen molar-refractivity contribution in [3.8, 4) is 0 Å². The van der Waals surface area contributed by atoms with Gasteiger partial charge < -0.3 is 10.2 Å². The minimum absolute atomic E-state index is 0.0657. The Labute approximate surface area is 113 Å². The van der Waals surface area contributed by atoms with Crippen LogP contribution in [0.1, 0.15) is 0 Å². The molecule has 2 saturated heterocycles. The van der Waals surface area contributed by atoms with Gasteiger partial charge in [0.15, 0.2) is 0 Å². The third-order valence-electron chi connectivity index (χ3n) is 3.52. The van der Waals surface area contributed by atoms with Crippen LogP contribution in [0.15, 0.2) is 0 Å². The number of hydrogen-bond acceptors (Lipinski definition) is 5. The molecule has 19 heavy (non-hydrogen) atoms. The monoisotopic (exact) mass is 291 g/mol. The normalized spacial score (nSPS) is 23.5. The van der Waals surface area contributed by atoms with Crippen molar-refractivity contribution in [3.63, 3.8) is 0 Å². The summed E-state index contributed by atoms with van der Waals surface area (Å²) in [4.78, 5) is 15.9. The number of carbonyl (C=O) groups excluding carboxylic acids is 1. The molecule has 0 radical (unpaired) electrons. The fraction of sp³-hybridized carbons (Fsp3) is 0.900. The Morgan fingerprint density at radius 2 is 1.63 bits per heavy atom. The number of piperazine rings is 2. The minimum atomic E-state index is -3.63. The Hall–Kier alpha value is -0.740. The molecule has 0 bridgehead atoms. The summed E-state index contributed by atoms with van der Waals surface area (Å²) in [5, 5.41) is 8.30. The lowest BCUT2D eigenvalue weighted by molar-refractivity contribution is -0.133. The van der Waals surface area contributed by atoms with Crippen molar-refractivity contribution in [1.82, 2.24) is 19.4 Å². The van der Waals surface area contributed by atoms with Crippen LogP contribution < -0.4 is 10.5 Å². The van der Waals surface area contributed by atoms with Crippen molar-refractivity contribution >= 4 is 16.1 Å². The molecule has 2 aliphatic rings. The van der Waals surface area contributed by atoms with Gasteiger partial charge in [0.2, 0.25) is 5.91 Å². The molecule has 110 valence electrons. The second-order valence-electron chi connectivity index (χ2n) is 4.85. The zero-order valence-electron chi connectivity index (χ0n) is 10.9. The topological polar surface area (TPSA) is 99.0 Å². The van der Waals surface area contributed by atoms with Gasteiger partial charge >= 0.3 is 0 Å². The van der Waals surface area contributed by atoms with Crippen molar-refractivity contribution in [2.45, 2.75) is 0 Å². The van der Waals surface area contributed by atoms with Gasteiger partial charge in [-0.05, 0) is 0 Å². The number of nitrogens with two attached hydrogens (primary N) is 1. The Balaban J connectivity index is 1.79. The van der Waals surface area contributed by atoms with Gasteiger partial charge in [0.1, 0.15) is 0 Å². The van der Waals surface area contributed by atoms with Gasteiger partial charge in [-0.25, -0.2) is 5.14 Å². The van der Waals surface area contributed by atoms with Crippen LogP contribution in [0.4, 0.5) is 0 Å². The molecule has 2 heterocycles. The largest absolute Gasteiger partial charge is 0.339 e. The van der Waals surface area contributed by atoms with Crippen LogP contribution in [-0.4, -0.2) is 87.3 Å². The summed E-state index contributed by atoms with van der Waals surface area (Å²) in [6.07, 6.45) is 0. The van der Waals surface area contributed by atoms with Crippen molar-refractivity contribution in [2.24, 2.45) is 5.14 Å². The highest BCUT2D eigenvalue weighted by atomic mass is 32.2. The molecule has 0 aromatic rings. The first kappa shape index (κ1) is 14.7. The number of carbonyl (C=O) groups is 1. The molecule has 0 aromatic carbocycles. The average Bonchev–Trinajstić information content (AvgIpc) is 2.39. The first-order chi connectivity index (χ1) is 8.97. The molecule has 1 amide bonds. The van der Waals surface area contributed by atoms with Crippen molar-refractivity contribution in [3.05, 3.63) is 0 Å². The summed E-state index contributed by atoms with van der Waals surface area (Å²) in [6, 6.07) is 0. The predicted octanol–water partition coefficient (Wildman–Crippen LogP) is -2.76. The molecule has 3 N–H and O–H groups in total. The zero-order chi connectivity index (χ0) is 13.9. The van der Waals surface area contributed by atoms with E-state index in [4.69, 9.17) is 5.14 Å². The van der Waals surface area contributed by atoms with E-state index in [2.05, 4.69) is 10.2 Å². The minimum Gasteiger partial charge on any atom is -0.339 e. The maximum absolute atomic E-state index is 12.1. The third-order valence-corrected chi connectivity index (χ3v) is 4.60. The first-order valence-electron chi connectivity index (χ1n) is 6.45. The highest BCUT2D eigenvalue weighted by molar-refractivity contribution is 7.86. The van der Waals surface area contributed by atoms with Crippen LogP contribution in [0.5, 0.6) is 0 Å². The van der Waals surface area contributed by atoms with E-state index in [0.29, 0.717) is 19.6 Å². The van der Waals surface area contributed by atoms with Crippen molar-refractivity contribution in [2.75, 3.05) is 58.9 Å².